The van der Waals surface area contributed by atoms with Gasteiger partial charge in [-0.05, 0) is 45.1 Å². The van der Waals surface area contributed by atoms with Crippen LogP contribution < -0.4 is 5.32 Å². The first-order valence-electron chi connectivity index (χ1n) is 7.23. The Morgan fingerprint density at radius 3 is 2.69 bits per heavy atom. The molecule has 1 saturated carbocycles. The lowest BCUT2D eigenvalue weighted by atomic mass is 10.0. The van der Waals surface area contributed by atoms with Gasteiger partial charge in [-0.1, -0.05) is 19.8 Å². The van der Waals surface area contributed by atoms with Crippen LogP contribution in [0.5, 0.6) is 0 Å². The number of hydrogen-bond donors (Lipinski definition) is 1. The van der Waals surface area contributed by atoms with Crippen LogP contribution in [0.2, 0.25) is 0 Å². The minimum atomic E-state index is 0.717. The fraction of sp³-hybridized carbons (Fsp3) is 1.00. The fourth-order valence-corrected chi connectivity index (χ4v) is 3.23. The van der Waals surface area contributed by atoms with E-state index in [0.29, 0.717) is 0 Å². The Balaban J connectivity index is 1.85. The first kappa shape index (κ1) is 12.4. The van der Waals surface area contributed by atoms with Gasteiger partial charge in [-0.25, -0.2) is 0 Å². The average molecular weight is 224 g/mol. The molecule has 1 heterocycles. The van der Waals surface area contributed by atoms with Gasteiger partial charge in [0.05, 0.1) is 0 Å². The molecule has 1 saturated heterocycles. The van der Waals surface area contributed by atoms with Gasteiger partial charge in [0.15, 0.2) is 0 Å². The van der Waals surface area contributed by atoms with Gasteiger partial charge < -0.3 is 5.32 Å². The quantitative estimate of drug-likeness (QED) is 0.689. The molecule has 2 nitrogen and oxygen atoms in total. The summed E-state index contributed by atoms with van der Waals surface area (Å²) >= 11 is 0. The second-order valence-electron chi connectivity index (χ2n) is 5.95. The van der Waals surface area contributed by atoms with Gasteiger partial charge in [0, 0.05) is 25.2 Å². The van der Waals surface area contributed by atoms with E-state index in [1.165, 1.54) is 58.2 Å². The number of nitrogens with one attached hydrogen (secondary N) is 1. The van der Waals surface area contributed by atoms with E-state index in [1.54, 1.807) is 0 Å². The van der Waals surface area contributed by atoms with Crippen molar-refractivity contribution in [2.45, 2.75) is 64.5 Å². The van der Waals surface area contributed by atoms with Crippen molar-refractivity contribution in [1.82, 2.24) is 10.2 Å². The van der Waals surface area contributed by atoms with Crippen molar-refractivity contribution in [3.05, 3.63) is 0 Å². The second-order valence-corrected chi connectivity index (χ2v) is 5.95. The van der Waals surface area contributed by atoms with Gasteiger partial charge in [0.2, 0.25) is 0 Å². The molecule has 1 aliphatic carbocycles. The SMILES string of the molecule is CC1CCCC(N2CCNC(C)CC2)CC1. The summed E-state index contributed by atoms with van der Waals surface area (Å²) in [6.07, 6.45) is 8.56. The molecule has 94 valence electrons. The smallest absolute Gasteiger partial charge is 0.0110 e. The number of hydrogen-bond acceptors (Lipinski definition) is 2. The molecular formula is C14H28N2. The van der Waals surface area contributed by atoms with Gasteiger partial charge >= 0.3 is 0 Å². The Morgan fingerprint density at radius 2 is 1.81 bits per heavy atom. The zero-order valence-corrected chi connectivity index (χ0v) is 11.0. The van der Waals surface area contributed by atoms with Crippen molar-refractivity contribution in [3.8, 4) is 0 Å². The molecule has 0 bridgehead atoms. The summed E-state index contributed by atoms with van der Waals surface area (Å²) in [5.41, 5.74) is 0. The monoisotopic (exact) mass is 224 g/mol. The summed E-state index contributed by atoms with van der Waals surface area (Å²) in [5.74, 6) is 0.967. The molecule has 0 amide bonds. The van der Waals surface area contributed by atoms with Crippen molar-refractivity contribution in [2.24, 2.45) is 5.92 Å². The van der Waals surface area contributed by atoms with Gasteiger partial charge in [0.1, 0.15) is 0 Å². The Labute approximate surface area is 101 Å². The maximum absolute atomic E-state index is 3.60. The zero-order valence-electron chi connectivity index (χ0n) is 11.0. The lowest BCUT2D eigenvalue weighted by Crippen LogP contribution is -2.37. The molecule has 0 aromatic rings. The standard InChI is InChI=1S/C14H28N2/c1-12-4-3-5-14(7-6-12)16-10-8-13(2)15-9-11-16/h12-15H,3-11H2,1-2H3. The minimum Gasteiger partial charge on any atom is -0.313 e. The number of nitrogens with zero attached hydrogens (tertiary/aromatic N) is 1. The lowest BCUT2D eigenvalue weighted by Gasteiger charge is -2.29. The minimum absolute atomic E-state index is 0.717. The highest BCUT2D eigenvalue weighted by Gasteiger charge is 2.23. The zero-order chi connectivity index (χ0) is 11.4. The molecule has 0 aromatic carbocycles. The van der Waals surface area contributed by atoms with Crippen LogP contribution in [0.3, 0.4) is 0 Å². The second kappa shape index (κ2) is 6.02. The molecule has 1 N–H and O–H groups in total. The van der Waals surface area contributed by atoms with Crippen molar-refractivity contribution >= 4 is 0 Å². The number of rotatable bonds is 1. The van der Waals surface area contributed by atoms with E-state index >= 15 is 0 Å². The van der Waals surface area contributed by atoms with Crippen LogP contribution in [0, 0.1) is 5.92 Å². The molecule has 0 radical (unpaired) electrons. The summed E-state index contributed by atoms with van der Waals surface area (Å²) in [4.78, 5) is 2.76. The average Bonchev–Trinajstić information content (AvgIpc) is 2.59. The van der Waals surface area contributed by atoms with Crippen LogP contribution >= 0.6 is 0 Å². The van der Waals surface area contributed by atoms with E-state index in [4.69, 9.17) is 0 Å². The van der Waals surface area contributed by atoms with Crippen LogP contribution in [0.15, 0.2) is 0 Å². The molecule has 0 spiro atoms. The molecule has 3 unspecified atom stereocenters. The van der Waals surface area contributed by atoms with Crippen molar-refractivity contribution in [1.29, 1.82) is 0 Å². The summed E-state index contributed by atoms with van der Waals surface area (Å²) < 4.78 is 0. The van der Waals surface area contributed by atoms with Crippen LogP contribution in [0.4, 0.5) is 0 Å². The fourth-order valence-electron chi connectivity index (χ4n) is 3.23. The maximum Gasteiger partial charge on any atom is 0.0110 e. The Morgan fingerprint density at radius 1 is 0.938 bits per heavy atom. The third-order valence-electron chi connectivity index (χ3n) is 4.48. The third kappa shape index (κ3) is 3.46. The van der Waals surface area contributed by atoms with E-state index in [1.807, 2.05) is 0 Å². The van der Waals surface area contributed by atoms with Gasteiger partial charge in [0.25, 0.3) is 0 Å². The Kier molecular flexibility index (Phi) is 4.66. The Hall–Kier alpha value is -0.0800. The van der Waals surface area contributed by atoms with E-state index in [0.717, 1.165) is 18.0 Å². The molecule has 3 atom stereocenters. The van der Waals surface area contributed by atoms with E-state index in [9.17, 15) is 0 Å². The van der Waals surface area contributed by atoms with Crippen molar-refractivity contribution in [3.63, 3.8) is 0 Å². The molecular weight excluding hydrogens is 196 g/mol. The topological polar surface area (TPSA) is 15.3 Å². The van der Waals surface area contributed by atoms with Crippen LogP contribution in [-0.2, 0) is 0 Å². The summed E-state index contributed by atoms with van der Waals surface area (Å²) in [5, 5.41) is 3.60. The first-order chi connectivity index (χ1) is 7.75. The van der Waals surface area contributed by atoms with Crippen molar-refractivity contribution < 1.29 is 0 Å². The van der Waals surface area contributed by atoms with Gasteiger partial charge in [-0.3, -0.25) is 4.90 Å². The molecule has 0 aromatic heterocycles. The molecule has 2 aliphatic rings. The predicted octanol–water partition coefficient (Wildman–Crippen LogP) is 2.64. The molecule has 2 fully saturated rings. The summed E-state index contributed by atoms with van der Waals surface area (Å²) in [6, 6.07) is 1.60. The molecule has 2 heteroatoms. The maximum atomic E-state index is 3.60. The molecule has 16 heavy (non-hydrogen) atoms. The third-order valence-corrected chi connectivity index (χ3v) is 4.48. The largest absolute Gasteiger partial charge is 0.313 e. The Bertz CT molecular complexity index is 183. The lowest BCUT2D eigenvalue weighted by molar-refractivity contribution is 0.188. The highest BCUT2D eigenvalue weighted by Crippen LogP contribution is 2.26. The first-order valence-corrected chi connectivity index (χ1v) is 7.23. The van der Waals surface area contributed by atoms with Crippen LogP contribution in [0.1, 0.15) is 52.4 Å². The highest BCUT2D eigenvalue weighted by molar-refractivity contribution is 4.80. The van der Waals surface area contributed by atoms with Gasteiger partial charge in [-0.15, -0.1) is 0 Å². The molecule has 2 rings (SSSR count). The van der Waals surface area contributed by atoms with Gasteiger partial charge in [-0.2, -0.15) is 0 Å². The van der Waals surface area contributed by atoms with Crippen molar-refractivity contribution in [2.75, 3.05) is 19.6 Å². The normalized spacial score (nSPS) is 39.0. The summed E-state index contributed by atoms with van der Waals surface area (Å²) in [7, 11) is 0. The highest BCUT2D eigenvalue weighted by atomic mass is 15.2. The van der Waals surface area contributed by atoms with Crippen LogP contribution in [0.25, 0.3) is 0 Å². The van der Waals surface area contributed by atoms with E-state index in [-0.39, 0.29) is 0 Å². The molecule has 1 aliphatic heterocycles. The van der Waals surface area contributed by atoms with E-state index in [2.05, 4.69) is 24.1 Å². The predicted molar refractivity (Wildman–Crippen MR) is 69.7 cm³/mol. The summed E-state index contributed by atoms with van der Waals surface area (Å²) in [6.45, 7) is 8.51. The van der Waals surface area contributed by atoms with E-state index < -0.39 is 0 Å². The van der Waals surface area contributed by atoms with Crippen LogP contribution in [-0.4, -0.2) is 36.6 Å².